The van der Waals surface area contributed by atoms with Crippen molar-refractivity contribution in [2.45, 2.75) is 233 Å². The normalized spacial score (nSPS) is 21.2. The molecule has 4 atom stereocenters. The van der Waals surface area contributed by atoms with E-state index in [1.165, 1.54) is 196 Å². The number of nitrogens with two attached hydrogens (primary N) is 1. The maximum Gasteiger partial charge on any atom is 0.0520 e. The Morgan fingerprint density at radius 2 is 0.804 bits per heavy atom. The molecule has 0 amide bonds. The van der Waals surface area contributed by atoms with Crippen LogP contribution in [-0.4, -0.2) is 11.1 Å². The highest BCUT2D eigenvalue weighted by molar-refractivity contribution is 9.10. The van der Waals surface area contributed by atoms with Crippen molar-refractivity contribution < 1.29 is 0 Å². The van der Waals surface area contributed by atoms with Gasteiger partial charge in [0.05, 0.1) is 22.5 Å². The summed E-state index contributed by atoms with van der Waals surface area (Å²) >= 11 is 10.1. The Balaban J connectivity index is 0.000000145. The van der Waals surface area contributed by atoms with Crippen LogP contribution in [0.1, 0.15) is 226 Å². The fraction of sp³-hybridized carbons (Fsp3) is 0.375. The Morgan fingerprint density at radius 3 is 1.28 bits per heavy atom. The van der Waals surface area contributed by atoms with Crippen molar-refractivity contribution in [3.05, 3.63) is 282 Å². The molecule has 6 aliphatic rings. The van der Waals surface area contributed by atoms with Gasteiger partial charge in [-0.05, 0) is 253 Å². The molecule has 4 aliphatic carbocycles. The van der Waals surface area contributed by atoms with E-state index in [1.807, 2.05) is 6.07 Å². The molecular formula is C96H110BrClN4. The van der Waals surface area contributed by atoms with Crippen molar-refractivity contribution in [1.29, 1.82) is 0 Å². The third-order valence-electron chi connectivity index (χ3n) is 25.2. The molecule has 6 heteroatoms. The number of nitrogens with zero attached hydrogens (tertiary/aromatic N) is 3. The molecule has 10 aromatic rings. The summed E-state index contributed by atoms with van der Waals surface area (Å²) in [5.41, 5.74) is 40.9. The lowest BCUT2D eigenvalue weighted by molar-refractivity contribution is 0.195. The Bertz CT molecular complexity index is 4830. The highest BCUT2D eigenvalue weighted by Crippen LogP contribution is 2.64. The van der Waals surface area contributed by atoms with Gasteiger partial charge >= 0.3 is 0 Å². The first-order chi connectivity index (χ1) is 48.1. The fourth-order valence-corrected chi connectivity index (χ4v) is 20.5. The molecule has 4 nitrogen and oxygen atoms in total. The Hall–Kier alpha value is -7.83. The highest BCUT2D eigenvalue weighted by atomic mass is 79.9. The first-order valence-electron chi connectivity index (χ1n) is 37.7. The van der Waals surface area contributed by atoms with Crippen molar-refractivity contribution in [2.75, 3.05) is 20.4 Å². The second-order valence-corrected chi connectivity index (χ2v) is 36.2. The maximum atomic E-state index is 6.38. The molecule has 10 aromatic carbocycles. The van der Waals surface area contributed by atoms with Gasteiger partial charge in [0.25, 0.3) is 0 Å². The summed E-state index contributed by atoms with van der Waals surface area (Å²) in [6.45, 7) is 46.2. The van der Waals surface area contributed by atoms with E-state index in [4.69, 9.17) is 17.3 Å². The van der Waals surface area contributed by atoms with Crippen LogP contribution in [0.15, 0.2) is 199 Å². The standard InChI is InChI=1S/C48H54N2.C21H24ClN.C15H13Br.C12H19N/c1-31-26-35(30-36(27-31)50-41-22-14-13-21-40(41)47(9)24-15-16-25-48(47,50)10)49(44-32(2)28-34(29-33(44)3)45(4,5)6)42-23-17-19-38-37-18-11-12-20-39(37)46(7,8)43(38)42;1-15-12-16(22)14-17(13-15)23-19-9-5-4-8-18(19)20(2)10-6-7-11-21(20,23)3;1-15(2)12-8-4-3-6-10(12)11-7-5-9-13(16)14(11)15;1-8-6-10(12(3,4)5)7-9(2)11(8)13/h11-14,17-23,26-30H,15-16,24-25H2,1-10H3;4-5,8-9,12-14H,6-7,10-11H2,1-3H3;3-9H,1-2H3;6-7H,13H2,1-5H3. The fourth-order valence-electron chi connectivity index (χ4n) is 19.4. The first kappa shape index (κ1) is 72.5. The van der Waals surface area contributed by atoms with E-state index in [2.05, 4.69) is 357 Å². The molecule has 0 spiro atoms. The van der Waals surface area contributed by atoms with E-state index in [0.717, 1.165) is 10.7 Å². The molecule has 102 heavy (non-hydrogen) atoms. The number of anilines is 8. The highest BCUT2D eigenvalue weighted by Gasteiger charge is 2.59. The molecule has 2 aliphatic heterocycles. The molecule has 4 unspecified atom stereocenters. The summed E-state index contributed by atoms with van der Waals surface area (Å²) < 4.78 is 1.21. The third-order valence-corrected chi connectivity index (χ3v) is 26.1. The zero-order valence-corrected chi connectivity index (χ0v) is 67.1. The van der Waals surface area contributed by atoms with Crippen LogP contribution in [0, 0.1) is 41.5 Å². The predicted molar refractivity (Wildman–Crippen MR) is 444 cm³/mol. The lowest BCUT2D eigenvalue weighted by Gasteiger charge is -2.50. The van der Waals surface area contributed by atoms with Gasteiger partial charge in [-0.1, -0.05) is 270 Å². The van der Waals surface area contributed by atoms with Gasteiger partial charge in [-0.15, -0.1) is 0 Å². The minimum Gasteiger partial charge on any atom is -0.398 e. The van der Waals surface area contributed by atoms with E-state index in [0.29, 0.717) is 0 Å². The van der Waals surface area contributed by atoms with E-state index in [-0.39, 0.29) is 43.6 Å². The average Bonchev–Trinajstić information content (AvgIpc) is 1.54. The Labute approximate surface area is 626 Å². The third kappa shape index (κ3) is 12.0. The van der Waals surface area contributed by atoms with Gasteiger partial charge in [0, 0.05) is 65.3 Å². The van der Waals surface area contributed by atoms with E-state index in [1.54, 1.807) is 0 Å². The van der Waals surface area contributed by atoms with Crippen LogP contribution in [0.2, 0.25) is 5.02 Å². The summed E-state index contributed by atoms with van der Waals surface area (Å²) in [6.07, 6.45) is 10.1. The summed E-state index contributed by atoms with van der Waals surface area (Å²) in [5.74, 6) is 0. The van der Waals surface area contributed by atoms with Crippen LogP contribution in [0.25, 0.3) is 22.3 Å². The zero-order chi connectivity index (χ0) is 73.2. The van der Waals surface area contributed by atoms with Crippen LogP contribution >= 0.6 is 27.5 Å². The number of halogens is 2. The largest absolute Gasteiger partial charge is 0.398 e. The smallest absolute Gasteiger partial charge is 0.0520 e. The predicted octanol–water partition coefficient (Wildman–Crippen LogP) is 27.8. The average molecular weight is 1440 g/mol. The number of para-hydroxylation sites is 2. The maximum absolute atomic E-state index is 6.38. The molecule has 528 valence electrons. The number of benzene rings is 10. The second kappa shape index (κ2) is 26.4. The van der Waals surface area contributed by atoms with Crippen molar-refractivity contribution in [3.8, 4) is 22.3 Å². The van der Waals surface area contributed by atoms with Crippen LogP contribution in [-0.2, 0) is 32.5 Å². The second-order valence-electron chi connectivity index (χ2n) is 34.9. The van der Waals surface area contributed by atoms with Gasteiger partial charge in [0.1, 0.15) is 0 Å². The quantitative estimate of drug-likeness (QED) is 0.174. The molecule has 0 radical (unpaired) electrons. The molecule has 0 saturated heterocycles. The number of fused-ring (bicyclic) bond motifs is 12. The van der Waals surface area contributed by atoms with Crippen LogP contribution in [0.3, 0.4) is 0 Å². The van der Waals surface area contributed by atoms with Crippen LogP contribution in [0.5, 0.6) is 0 Å². The summed E-state index contributed by atoms with van der Waals surface area (Å²) in [6, 6.07) is 72.4. The van der Waals surface area contributed by atoms with Crippen molar-refractivity contribution in [1.82, 2.24) is 0 Å². The van der Waals surface area contributed by atoms with Gasteiger partial charge < -0.3 is 20.4 Å². The van der Waals surface area contributed by atoms with Gasteiger partial charge in [-0.3, -0.25) is 0 Å². The van der Waals surface area contributed by atoms with E-state index in [9.17, 15) is 0 Å². The van der Waals surface area contributed by atoms with Crippen LogP contribution in [0.4, 0.5) is 45.5 Å². The molecule has 0 bridgehead atoms. The Kier molecular flexibility index (Phi) is 18.8. The van der Waals surface area contributed by atoms with E-state index >= 15 is 0 Å². The molecule has 2 N–H and O–H groups in total. The van der Waals surface area contributed by atoms with Gasteiger partial charge in [-0.25, -0.2) is 0 Å². The SMILES string of the molecule is CC1(C)c2ccccc2-c2cccc(Br)c21.Cc1cc(C(C)(C)C)cc(C)c1N.Cc1cc(Cl)cc(N2c3ccccc3C3(C)CCCCC23C)c1.Cc1cc(N(c2cccc3c2C(C)(C)c2ccccc2-3)c2c(C)cc(C(C)(C)C)cc2C)cc(N2c3ccccc3C3(C)CCCCC23C)c1. The lowest BCUT2D eigenvalue weighted by Crippen LogP contribution is -2.54. The molecule has 16 rings (SSSR count). The lowest BCUT2D eigenvalue weighted by atomic mass is 9.61. The van der Waals surface area contributed by atoms with Crippen LogP contribution < -0.4 is 20.4 Å². The monoisotopic (exact) mass is 1430 g/mol. The van der Waals surface area contributed by atoms with Gasteiger partial charge in [0.2, 0.25) is 0 Å². The molecule has 0 aromatic heterocycles. The molecule has 2 heterocycles. The number of rotatable bonds is 5. The van der Waals surface area contributed by atoms with Crippen molar-refractivity contribution >= 4 is 73.0 Å². The Morgan fingerprint density at radius 1 is 0.412 bits per heavy atom. The number of aryl methyl sites for hydroxylation is 6. The summed E-state index contributed by atoms with van der Waals surface area (Å²) in [7, 11) is 0. The molecule has 2 fully saturated rings. The topological polar surface area (TPSA) is 35.7 Å². The minimum atomic E-state index is -0.147. The van der Waals surface area contributed by atoms with Crippen molar-refractivity contribution in [3.63, 3.8) is 0 Å². The minimum absolute atomic E-state index is 0.00263. The number of hydrogen-bond acceptors (Lipinski definition) is 4. The molecule has 2 saturated carbocycles. The van der Waals surface area contributed by atoms with Gasteiger partial charge in [-0.2, -0.15) is 0 Å². The zero-order valence-electron chi connectivity index (χ0n) is 64.8. The molecular weight excluding hydrogens is 1320 g/mol. The van der Waals surface area contributed by atoms with E-state index < -0.39 is 0 Å². The summed E-state index contributed by atoms with van der Waals surface area (Å²) in [4.78, 5) is 7.92. The summed E-state index contributed by atoms with van der Waals surface area (Å²) in [5, 5.41) is 0.825. The van der Waals surface area contributed by atoms with Crippen molar-refractivity contribution in [2.24, 2.45) is 0 Å². The van der Waals surface area contributed by atoms with Gasteiger partial charge in [0.15, 0.2) is 0 Å². The number of nitrogen functional groups attached to an aromatic ring is 1. The first-order valence-corrected chi connectivity index (χ1v) is 38.8. The number of hydrogen-bond donors (Lipinski definition) is 1.